The molecule has 98 valence electrons. The Morgan fingerprint density at radius 3 is 2.33 bits per heavy atom. The fraction of sp³-hybridized carbons (Fsp3) is 0.533. The second-order valence-electron chi connectivity index (χ2n) is 4.92. The van der Waals surface area contributed by atoms with Crippen molar-refractivity contribution < 1.29 is 4.79 Å². The Morgan fingerprint density at radius 2 is 1.83 bits per heavy atom. The third-order valence-electron chi connectivity index (χ3n) is 3.81. The minimum atomic E-state index is -0.414. The monoisotopic (exact) mass is 265 g/mol. The van der Waals surface area contributed by atoms with Gasteiger partial charge in [0, 0.05) is 12.2 Å². The van der Waals surface area contributed by atoms with Gasteiger partial charge in [-0.05, 0) is 55.0 Å². The molecule has 1 aliphatic carbocycles. The van der Waals surface area contributed by atoms with Gasteiger partial charge in [0.15, 0.2) is 0 Å². The molecule has 1 aromatic carbocycles. The number of carbonyl (C=O) groups is 1. The second-order valence-corrected chi connectivity index (χ2v) is 5.25. The zero-order chi connectivity index (χ0) is 13.0. The Morgan fingerprint density at radius 1 is 1.22 bits per heavy atom. The molecule has 0 aromatic heterocycles. The topological polar surface area (TPSA) is 20.3 Å². The molecule has 2 rings (SSSR count). The van der Waals surface area contributed by atoms with E-state index in [0.717, 1.165) is 5.69 Å². The number of hydrogen-bond donors (Lipinski definition) is 0. The molecule has 0 unspecified atom stereocenters. The zero-order valence-electron chi connectivity index (χ0n) is 10.9. The molecule has 1 aliphatic rings. The van der Waals surface area contributed by atoms with Gasteiger partial charge >= 0.3 is 5.37 Å². The summed E-state index contributed by atoms with van der Waals surface area (Å²) < 4.78 is 0. The summed E-state index contributed by atoms with van der Waals surface area (Å²) in [5, 5.41) is -0.414. The lowest BCUT2D eigenvalue weighted by Gasteiger charge is -2.23. The summed E-state index contributed by atoms with van der Waals surface area (Å²) in [6.07, 6.45) is 6.65. The van der Waals surface area contributed by atoms with Crippen LogP contribution in [0, 0.1) is 0 Å². The molecule has 1 saturated carbocycles. The number of nitrogens with zero attached hydrogens (tertiary/aromatic N) is 1. The highest BCUT2D eigenvalue weighted by Crippen LogP contribution is 2.33. The molecule has 1 aromatic rings. The summed E-state index contributed by atoms with van der Waals surface area (Å²) >= 11 is 5.55. The normalized spacial score (nSPS) is 16.6. The zero-order valence-corrected chi connectivity index (χ0v) is 11.6. The van der Waals surface area contributed by atoms with Crippen LogP contribution in [-0.2, 0) is 0 Å². The Hall–Kier alpha value is -1.02. The Labute approximate surface area is 114 Å². The first-order valence-electron chi connectivity index (χ1n) is 6.79. The van der Waals surface area contributed by atoms with Gasteiger partial charge < -0.3 is 0 Å². The number of carbonyl (C=O) groups excluding carboxylic acids is 1. The maximum atomic E-state index is 11.3. The molecule has 1 amide bonds. The molecule has 1 fully saturated rings. The van der Waals surface area contributed by atoms with Gasteiger partial charge in [0.2, 0.25) is 0 Å². The minimum Gasteiger partial charge on any atom is -0.299 e. The number of hydrogen-bond acceptors (Lipinski definition) is 1. The fourth-order valence-electron chi connectivity index (χ4n) is 2.77. The predicted molar refractivity (Wildman–Crippen MR) is 76.5 cm³/mol. The molecule has 2 nitrogen and oxygen atoms in total. The molecular weight excluding hydrogens is 246 g/mol. The Balaban J connectivity index is 2.11. The quantitative estimate of drug-likeness (QED) is 0.561. The van der Waals surface area contributed by atoms with Crippen molar-refractivity contribution >= 4 is 22.7 Å². The molecule has 0 saturated heterocycles. The number of benzene rings is 1. The third-order valence-corrected chi connectivity index (χ3v) is 4.01. The van der Waals surface area contributed by atoms with Crippen LogP contribution in [-0.4, -0.2) is 11.9 Å². The largest absolute Gasteiger partial charge is 0.320 e. The molecule has 0 aliphatic heterocycles. The summed E-state index contributed by atoms with van der Waals surface area (Å²) in [5.41, 5.74) is 2.29. The van der Waals surface area contributed by atoms with Crippen LogP contribution in [0.4, 0.5) is 10.5 Å². The first kappa shape index (κ1) is 13.4. The first-order chi connectivity index (χ1) is 8.72. The van der Waals surface area contributed by atoms with Gasteiger partial charge in [0.25, 0.3) is 0 Å². The van der Waals surface area contributed by atoms with Gasteiger partial charge in [-0.1, -0.05) is 31.4 Å². The van der Waals surface area contributed by atoms with Gasteiger partial charge in [0.05, 0.1) is 0 Å². The van der Waals surface area contributed by atoms with Crippen molar-refractivity contribution in [3.05, 3.63) is 29.8 Å². The average molecular weight is 266 g/mol. The molecule has 0 N–H and O–H groups in total. The highest BCUT2D eigenvalue weighted by molar-refractivity contribution is 6.66. The van der Waals surface area contributed by atoms with Crippen molar-refractivity contribution in [1.82, 2.24) is 0 Å². The van der Waals surface area contributed by atoms with Crippen LogP contribution < -0.4 is 4.90 Å². The van der Waals surface area contributed by atoms with E-state index in [2.05, 4.69) is 12.1 Å². The summed E-state index contributed by atoms with van der Waals surface area (Å²) in [7, 11) is 0. The first-order valence-corrected chi connectivity index (χ1v) is 7.17. The number of anilines is 1. The summed E-state index contributed by atoms with van der Waals surface area (Å²) in [4.78, 5) is 12.8. The van der Waals surface area contributed by atoms with E-state index in [0.29, 0.717) is 12.5 Å². The lowest BCUT2D eigenvalue weighted by molar-refractivity contribution is 0.264. The lowest BCUT2D eigenvalue weighted by atomic mass is 9.84. The van der Waals surface area contributed by atoms with Crippen LogP contribution in [0.1, 0.15) is 50.5 Å². The molecule has 18 heavy (non-hydrogen) atoms. The van der Waals surface area contributed by atoms with E-state index in [1.54, 1.807) is 4.90 Å². The van der Waals surface area contributed by atoms with Crippen molar-refractivity contribution in [3.8, 4) is 0 Å². The maximum absolute atomic E-state index is 11.3. The maximum Gasteiger partial charge on any atom is 0.320 e. The van der Waals surface area contributed by atoms with Crippen LogP contribution >= 0.6 is 11.6 Å². The van der Waals surface area contributed by atoms with E-state index in [9.17, 15) is 4.79 Å². The van der Waals surface area contributed by atoms with Crippen molar-refractivity contribution in [1.29, 1.82) is 0 Å². The van der Waals surface area contributed by atoms with Gasteiger partial charge in [-0.3, -0.25) is 9.69 Å². The molecule has 3 heteroatoms. The van der Waals surface area contributed by atoms with Crippen LogP contribution in [0.3, 0.4) is 0 Å². The Bertz CT molecular complexity index is 395. The molecule has 0 bridgehead atoms. The van der Waals surface area contributed by atoms with Crippen molar-refractivity contribution in [2.75, 3.05) is 11.4 Å². The van der Waals surface area contributed by atoms with Crippen molar-refractivity contribution in [3.63, 3.8) is 0 Å². The van der Waals surface area contributed by atoms with Crippen LogP contribution in [0.25, 0.3) is 0 Å². The highest BCUT2D eigenvalue weighted by atomic mass is 35.5. The standard InChI is InChI=1S/C15H20ClNO/c1-2-17(15(16)18)14-10-8-13(9-11-14)12-6-4-3-5-7-12/h8-12H,2-7H2,1H3. The summed E-state index contributed by atoms with van der Waals surface area (Å²) in [6, 6.07) is 8.31. The van der Waals surface area contributed by atoms with E-state index in [1.165, 1.54) is 37.7 Å². The average Bonchev–Trinajstić information content (AvgIpc) is 2.41. The number of rotatable bonds is 3. The van der Waals surface area contributed by atoms with Crippen LogP contribution in [0.2, 0.25) is 0 Å². The van der Waals surface area contributed by atoms with Gasteiger partial charge in [0.1, 0.15) is 0 Å². The van der Waals surface area contributed by atoms with Gasteiger partial charge in [-0.2, -0.15) is 0 Å². The van der Waals surface area contributed by atoms with Crippen LogP contribution in [0.15, 0.2) is 24.3 Å². The fourth-order valence-corrected chi connectivity index (χ4v) is 2.99. The van der Waals surface area contributed by atoms with E-state index >= 15 is 0 Å². The molecule has 0 atom stereocenters. The number of amides is 1. The molecule has 0 heterocycles. The van der Waals surface area contributed by atoms with Gasteiger partial charge in [-0.25, -0.2) is 0 Å². The Kier molecular flexibility index (Phi) is 4.65. The second kappa shape index (κ2) is 6.24. The molecule has 0 spiro atoms. The van der Waals surface area contributed by atoms with E-state index in [-0.39, 0.29) is 0 Å². The van der Waals surface area contributed by atoms with Crippen molar-refractivity contribution in [2.24, 2.45) is 0 Å². The summed E-state index contributed by atoms with van der Waals surface area (Å²) in [5.74, 6) is 0.703. The van der Waals surface area contributed by atoms with Crippen molar-refractivity contribution in [2.45, 2.75) is 44.9 Å². The van der Waals surface area contributed by atoms with E-state index in [1.807, 2.05) is 19.1 Å². The predicted octanol–water partition coefficient (Wildman–Crippen LogP) is 4.92. The van der Waals surface area contributed by atoms with E-state index in [4.69, 9.17) is 11.6 Å². The highest BCUT2D eigenvalue weighted by Gasteiger charge is 2.16. The number of halogens is 1. The third kappa shape index (κ3) is 3.05. The minimum absolute atomic E-state index is 0.414. The lowest BCUT2D eigenvalue weighted by Crippen LogP contribution is -2.24. The molecular formula is C15H20ClNO. The van der Waals surface area contributed by atoms with Gasteiger partial charge in [-0.15, -0.1) is 0 Å². The SMILES string of the molecule is CCN(C(=O)Cl)c1ccc(C2CCCCC2)cc1. The van der Waals surface area contributed by atoms with Crippen LogP contribution in [0.5, 0.6) is 0 Å². The van der Waals surface area contributed by atoms with E-state index < -0.39 is 5.37 Å². The smallest absolute Gasteiger partial charge is 0.299 e. The summed E-state index contributed by atoms with van der Waals surface area (Å²) in [6.45, 7) is 2.53. The molecule has 0 radical (unpaired) electrons.